The predicted molar refractivity (Wildman–Crippen MR) is 64.2 cm³/mol. The van der Waals surface area contributed by atoms with Gasteiger partial charge in [-0.15, -0.1) is 0 Å². The summed E-state index contributed by atoms with van der Waals surface area (Å²) in [6, 6.07) is 0.524. The van der Waals surface area contributed by atoms with Crippen LogP contribution in [0.25, 0.3) is 0 Å². The van der Waals surface area contributed by atoms with Crippen LogP contribution in [0.3, 0.4) is 0 Å². The number of hydrogen-bond acceptors (Lipinski definition) is 4. The van der Waals surface area contributed by atoms with E-state index in [0.29, 0.717) is 6.04 Å². The van der Waals surface area contributed by atoms with Crippen LogP contribution in [0.2, 0.25) is 0 Å². The molecule has 1 fully saturated rings. The van der Waals surface area contributed by atoms with Gasteiger partial charge < -0.3 is 4.74 Å². The molecule has 4 heteroatoms. The third-order valence-electron chi connectivity index (χ3n) is 2.48. The Kier molecular flexibility index (Phi) is 4.93. The van der Waals surface area contributed by atoms with Gasteiger partial charge in [-0.05, 0) is 31.9 Å². The van der Waals surface area contributed by atoms with Crippen LogP contribution in [0.5, 0.6) is 0 Å². The maximum atomic E-state index is 11.7. The quantitative estimate of drug-likeness (QED) is 0.536. The van der Waals surface area contributed by atoms with E-state index in [9.17, 15) is 4.79 Å². The van der Waals surface area contributed by atoms with Crippen molar-refractivity contribution in [2.75, 3.05) is 18.6 Å². The van der Waals surface area contributed by atoms with Crippen molar-refractivity contribution < 1.29 is 9.53 Å². The molecule has 0 heterocycles. The Morgan fingerprint density at radius 2 is 2.27 bits per heavy atom. The largest absolute Gasteiger partial charge is 0.468 e. The van der Waals surface area contributed by atoms with Gasteiger partial charge in [-0.3, -0.25) is 10.1 Å². The molecule has 0 saturated heterocycles. The second-order valence-corrected chi connectivity index (χ2v) is 5.40. The molecule has 1 atom stereocenters. The molecule has 0 aromatic rings. The van der Waals surface area contributed by atoms with Crippen molar-refractivity contribution in [1.29, 1.82) is 0 Å². The van der Waals surface area contributed by atoms with E-state index in [0.717, 1.165) is 17.9 Å². The zero-order valence-corrected chi connectivity index (χ0v) is 10.7. The summed E-state index contributed by atoms with van der Waals surface area (Å²) in [5, 5.41) is 3.38. The van der Waals surface area contributed by atoms with E-state index in [1.807, 2.05) is 18.7 Å². The van der Waals surface area contributed by atoms with Gasteiger partial charge in [-0.2, -0.15) is 11.8 Å². The van der Waals surface area contributed by atoms with Crippen molar-refractivity contribution in [2.45, 2.75) is 44.7 Å². The molecule has 1 saturated carbocycles. The van der Waals surface area contributed by atoms with Crippen LogP contribution in [0, 0.1) is 0 Å². The normalized spacial score (nSPS) is 19.7. The molecule has 88 valence electrons. The Balaban J connectivity index is 2.45. The molecule has 0 amide bonds. The topological polar surface area (TPSA) is 38.3 Å². The average Bonchev–Trinajstić information content (AvgIpc) is 3.00. The lowest BCUT2D eigenvalue weighted by molar-refractivity contribution is -0.146. The second kappa shape index (κ2) is 5.75. The van der Waals surface area contributed by atoms with Crippen LogP contribution in [-0.4, -0.2) is 36.2 Å². The Labute approximate surface area is 96.3 Å². The zero-order valence-electron chi connectivity index (χ0n) is 9.84. The highest BCUT2D eigenvalue weighted by Crippen LogP contribution is 2.25. The monoisotopic (exact) mass is 231 g/mol. The third-order valence-corrected chi connectivity index (χ3v) is 3.95. The fraction of sp³-hybridized carbons (Fsp3) is 0.909. The average molecular weight is 231 g/mol. The highest BCUT2D eigenvalue weighted by molar-refractivity contribution is 7.99. The van der Waals surface area contributed by atoms with Gasteiger partial charge >= 0.3 is 5.97 Å². The summed E-state index contributed by atoms with van der Waals surface area (Å²) in [5.74, 6) is 1.75. The number of carbonyl (C=O) groups excluding carboxylic acids is 1. The first-order chi connectivity index (χ1) is 7.12. The SMILES string of the molecule is CCCSCC(C)(NC1CC1)C(=O)OC. The van der Waals surface area contributed by atoms with Crippen LogP contribution < -0.4 is 5.32 Å². The number of rotatable bonds is 7. The molecule has 15 heavy (non-hydrogen) atoms. The van der Waals surface area contributed by atoms with Crippen molar-refractivity contribution in [1.82, 2.24) is 5.32 Å². The fourth-order valence-electron chi connectivity index (χ4n) is 1.48. The number of hydrogen-bond donors (Lipinski definition) is 1. The highest BCUT2D eigenvalue weighted by atomic mass is 32.2. The van der Waals surface area contributed by atoms with E-state index in [-0.39, 0.29) is 5.97 Å². The predicted octanol–water partition coefficient (Wildman–Crippen LogP) is 1.81. The molecule has 0 aliphatic heterocycles. The van der Waals surface area contributed by atoms with E-state index in [1.165, 1.54) is 20.0 Å². The maximum Gasteiger partial charge on any atom is 0.326 e. The van der Waals surface area contributed by atoms with Gasteiger partial charge in [0.25, 0.3) is 0 Å². The van der Waals surface area contributed by atoms with Crippen LogP contribution in [0.4, 0.5) is 0 Å². The number of nitrogens with one attached hydrogen (secondary N) is 1. The fourth-order valence-corrected chi connectivity index (χ4v) is 2.53. The van der Waals surface area contributed by atoms with Crippen molar-refractivity contribution in [3.8, 4) is 0 Å². The van der Waals surface area contributed by atoms with Crippen LogP contribution in [-0.2, 0) is 9.53 Å². The summed E-state index contributed by atoms with van der Waals surface area (Å²) in [5.41, 5.74) is -0.504. The minimum absolute atomic E-state index is 0.141. The van der Waals surface area contributed by atoms with Gasteiger partial charge in [-0.25, -0.2) is 0 Å². The maximum absolute atomic E-state index is 11.7. The molecule has 3 nitrogen and oxygen atoms in total. The minimum Gasteiger partial charge on any atom is -0.468 e. The molecule has 0 radical (unpaired) electrons. The number of ether oxygens (including phenoxy) is 1. The third kappa shape index (κ3) is 4.03. The first-order valence-corrected chi connectivity index (χ1v) is 6.71. The lowest BCUT2D eigenvalue weighted by Gasteiger charge is -2.27. The summed E-state index contributed by atoms with van der Waals surface area (Å²) < 4.78 is 4.86. The molecule has 0 bridgehead atoms. The number of thioether (sulfide) groups is 1. The summed E-state index contributed by atoms with van der Waals surface area (Å²) in [4.78, 5) is 11.7. The van der Waals surface area contributed by atoms with Crippen molar-refractivity contribution in [2.24, 2.45) is 0 Å². The zero-order chi connectivity index (χ0) is 11.3. The second-order valence-electron chi connectivity index (χ2n) is 4.29. The lowest BCUT2D eigenvalue weighted by atomic mass is 10.1. The van der Waals surface area contributed by atoms with Crippen molar-refractivity contribution in [3.05, 3.63) is 0 Å². The summed E-state index contributed by atoms with van der Waals surface area (Å²) in [6.45, 7) is 4.09. The van der Waals surface area contributed by atoms with Gasteiger partial charge in [0.15, 0.2) is 0 Å². The lowest BCUT2D eigenvalue weighted by Crippen LogP contribution is -2.53. The molecule has 0 spiro atoms. The Morgan fingerprint density at radius 3 is 2.73 bits per heavy atom. The first-order valence-electron chi connectivity index (χ1n) is 5.56. The van der Waals surface area contributed by atoms with E-state index in [4.69, 9.17) is 4.74 Å². The molecule has 1 aliphatic carbocycles. The summed E-state index contributed by atoms with van der Waals surface area (Å²) >= 11 is 1.81. The van der Waals surface area contributed by atoms with E-state index in [1.54, 1.807) is 0 Å². The van der Waals surface area contributed by atoms with Crippen LogP contribution in [0.1, 0.15) is 33.1 Å². The van der Waals surface area contributed by atoms with Gasteiger partial charge in [0.1, 0.15) is 5.54 Å². The Bertz CT molecular complexity index is 219. The first kappa shape index (κ1) is 12.8. The molecular formula is C11H21NO2S. The summed E-state index contributed by atoms with van der Waals surface area (Å²) in [6.07, 6.45) is 3.52. The number of esters is 1. The van der Waals surface area contributed by atoms with E-state index < -0.39 is 5.54 Å². The molecule has 1 N–H and O–H groups in total. The van der Waals surface area contributed by atoms with Crippen molar-refractivity contribution >= 4 is 17.7 Å². The molecule has 0 aromatic carbocycles. The van der Waals surface area contributed by atoms with Gasteiger partial charge in [-0.1, -0.05) is 6.92 Å². The number of methoxy groups -OCH3 is 1. The Hall–Kier alpha value is -0.220. The molecular weight excluding hydrogens is 210 g/mol. The van der Waals surface area contributed by atoms with Crippen molar-refractivity contribution in [3.63, 3.8) is 0 Å². The summed E-state index contributed by atoms with van der Waals surface area (Å²) in [7, 11) is 1.46. The van der Waals surface area contributed by atoms with E-state index in [2.05, 4.69) is 12.2 Å². The number of carbonyl (C=O) groups is 1. The van der Waals surface area contributed by atoms with Gasteiger partial charge in [0, 0.05) is 11.8 Å². The molecule has 0 aromatic heterocycles. The van der Waals surface area contributed by atoms with E-state index >= 15 is 0 Å². The van der Waals surface area contributed by atoms with Crippen LogP contribution >= 0.6 is 11.8 Å². The van der Waals surface area contributed by atoms with Gasteiger partial charge in [0.2, 0.25) is 0 Å². The molecule has 1 rings (SSSR count). The Morgan fingerprint density at radius 1 is 1.60 bits per heavy atom. The molecule has 1 aliphatic rings. The standard InChI is InChI=1S/C11H21NO2S/c1-4-7-15-8-11(2,10(13)14-3)12-9-5-6-9/h9,12H,4-8H2,1-3H3. The highest BCUT2D eigenvalue weighted by Gasteiger charge is 2.39. The van der Waals surface area contributed by atoms with Crippen LogP contribution in [0.15, 0.2) is 0 Å². The minimum atomic E-state index is -0.504. The smallest absolute Gasteiger partial charge is 0.326 e. The van der Waals surface area contributed by atoms with Gasteiger partial charge in [0.05, 0.1) is 7.11 Å². The molecule has 1 unspecified atom stereocenters.